The van der Waals surface area contributed by atoms with Gasteiger partial charge >= 0.3 is 0 Å². The molecule has 0 aromatic heterocycles. The van der Waals surface area contributed by atoms with Gasteiger partial charge in [-0.05, 0) is 48.4 Å². The van der Waals surface area contributed by atoms with Crippen LogP contribution in [0.5, 0.6) is 0 Å². The van der Waals surface area contributed by atoms with Crippen molar-refractivity contribution in [3.8, 4) is 0 Å². The molecule has 2 aromatic carbocycles. The van der Waals surface area contributed by atoms with Gasteiger partial charge in [-0.25, -0.2) is 12.8 Å². The van der Waals surface area contributed by atoms with Crippen molar-refractivity contribution in [1.29, 1.82) is 0 Å². The van der Waals surface area contributed by atoms with E-state index in [0.717, 1.165) is 30.7 Å². The van der Waals surface area contributed by atoms with E-state index in [1.165, 1.54) is 17.7 Å². The van der Waals surface area contributed by atoms with Crippen LogP contribution in [0.15, 0.2) is 53.4 Å². The van der Waals surface area contributed by atoms with Crippen LogP contribution >= 0.6 is 0 Å². The first-order valence-corrected chi connectivity index (χ1v) is 10.6. The SMILES string of the molecule is CC(CS(=O)(=O)c1ccc(F)cc1)C(=O)NCC1NCCc2ccccc21. The summed E-state index contributed by atoms with van der Waals surface area (Å²) in [4.78, 5) is 12.4. The standard InChI is InChI=1S/C20H23FN2O3S/c1-14(13-27(25,26)17-8-6-16(21)7-9-17)20(24)23-12-19-18-5-3-2-4-15(18)10-11-22-19/h2-9,14,19,22H,10-13H2,1H3,(H,23,24). The van der Waals surface area contributed by atoms with Crippen LogP contribution in [0, 0.1) is 11.7 Å². The lowest BCUT2D eigenvalue weighted by atomic mass is 9.94. The van der Waals surface area contributed by atoms with Gasteiger partial charge in [-0.15, -0.1) is 0 Å². The van der Waals surface area contributed by atoms with Crippen LogP contribution in [-0.2, 0) is 21.1 Å². The first-order chi connectivity index (χ1) is 12.9. The molecule has 0 saturated carbocycles. The largest absolute Gasteiger partial charge is 0.354 e. The molecule has 0 fully saturated rings. The van der Waals surface area contributed by atoms with Gasteiger partial charge in [0.05, 0.1) is 10.6 Å². The lowest BCUT2D eigenvalue weighted by Crippen LogP contribution is -2.41. The van der Waals surface area contributed by atoms with Crippen LogP contribution in [0.1, 0.15) is 24.1 Å². The Hall–Kier alpha value is -2.25. The molecule has 5 nitrogen and oxygen atoms in total. The van der Waals surface area contributed by atoms with Gasteiger partial charge in [0.15, 0.2) is 9.84 Å². The molecule has 1 heterocycles. The average molecular weight is 390 g/mol. The molecule has 2 unspecified atom stereocenters. The topological polar surface area (TPSA) is 75.3 Å². The van der Waals surface area contributed by atoms with Crippen LogP contribution < -0.4 is 10.6 Å². The van der Waals surface area contributed by atoms with Crippen LogP contribution in [-0.4, -0.2) is 33.2 Å². The Kier molecular flexibility index (Phi) is 5.92. The minimum absolute atomic E-state index is 0.0137. The molecule has 3 rings (SSSR count). The second-order valence-corrected chi connectivity index (χ2v) is 8.87. The summed E-state index contributed by atoms with van der Waals surface area (Å²) in [6.45, 7) is 2.82. The number of carbonyl (C=O) groups excluding carboxylic acids is 1. The number of halogens is 1. The van der Waals surface area contributed by atoms with Crippen molar-refractivity contribution in [3.63, 3.8) is 0 Å². The van der Waals surface area contributed by atoms with Crippen LogP contribution in [0.2, 0.25) is 0 Å². The van der Waals surface area contributed by atoms with Gasteiger partial charge in [0, 0.05) is 18.5 Å². The predicted molar refractivity (Wildman–Crippen MR) is 102 cm³/mol. The minimum Gasteiger partial charge on any atom is -0.354 e. The highest BCUT2D eigenvalue weighted by Gasteiger charge is 2.25. The first kappa shape index (κ1) is 19.5. The lowest BCUT2D eigenvalue weighted by Gasteiger charge is -2.27. The van der Waals surface area contributed by atoms with E-state index in [1.807, 2.05) is 18.2 Å². The van der Waals surface area contributed by atoms with Gasteiger partial charge in [0.25, 0.3) is 0 Å². The van der Waals surface area contributed by atoms with Crippen LogP contribution in [0.4, 0.5) is 4.39 Å². The smallest absolute Gasteiger partial charge is 0.223 e. The Bertz CT molecular complexity index is 913. The molecule has 2 atom stereocenters. The molecular weight excluding hydrogens is 367 g/mol. The van der Waals surface area contributed by atoms with Gasteiger partial charge in [0.1, 0.15) is 5.82 Å². The first-order valence-electron chi connectivity index (χ1n) is 8.94. The van der Waals surface area contributed by atoms with E-state index >= 15 is 0 Å². The monoisotopic (exact) mass is 390 g/mol. The average Bonchev–Trinajstić information content (AvgIpc) is 2.66. The molecule has 1 aliphatic heterocycles. The second-order valence-electron chi connectivity index (χ2n) is 6.84. The van der Waals surface area contributed by atoms with Gasteiger partial charge in [-0.2, -0.15) is 0 Å². The van der Waals surface area contributed by atoms with Gasteiger partial charge in [-0.1, -0.05) is 31.2 Å². The highest BCUT2D eigenvalue weighted by atomic mass is 32.2. The number of benzene rings is 2. The number of nitrogens with one attached hydrogen (secondary N) is 2. The quantitative estimate of drug-likeness (QED) is 0.742. The third-order valence-electron chi connectivity index (χ3n) is 4.79. The zero-order valence-electron chi connectivity index (χ0n) is 15.1. The molecule has 144 valence electrons. The maximum Gasteiger partial charge on any atom is 0.223 e. The summed E-state index contributed by atoms with van der Waals surface area (Å²) in [6, 6.07) is 12.8. The van der Waals surface area contributed by atoms with E-state index in [4.69, 9.17) is 0 Å². The van der Waals surface area contributed by atoms with Gasteiger partial charge in [0.2, 0.25) is 5.91 Å². The summed E-state index contributed by atoms with van der Waals surface area (Å²) < 4.78 is 37.8. The van der Waals surface area contributed by atoms with E-state index in [9.17, 15) is 17.6 Å². The van der Waals surface area contributed by atoms with Crippen LogP contribution in [0.3, 0.4) is 0 Å². The molecule has 0 saturated heterocycles. The number of hydrogen-bond acceptors (Lipinski definition) is 4. The fourth-order valence-corrected chi connectivity index (χ4v) is 4.85. The predicted octanol–water partition coefficient (Wildman–Crippen LogP) is 2.24. The number of carbonyl (C=O) groups is 1. The van der Waals surface area contributed by atoms with E-state index in [0.29, 0.717) is 6.54 Å². The molecule has 1 aliphatic rings. The Labute approximate surface area is 158 Å². The molecule has 0 bridgehead atoms. The Morgan fingerprint density at radius 3 is 2.67 bits per heavy atom. The molecule has 7 heteroatoms. The van der Waals surface area contributed by atoms with E-state index in [2.05, 4.69) is 16.7 Å². The Balaban J connectivity index is 1.59. The van der Waals surface area contributed by atoms with E-state index in [1.54, 1.807) is 6.92 Å². The fourth-order valence-electron chi connectivity index (χ4n) is 3.29. The Morgan fingerprint density at radius 2 is 1.93 bits per heavy atom. The van der Waals surface area contributed by atoms with Gasteiger partial charge < -0.3 is 10.6 Å². The lowest BCUT2D eigenvalue weighted by molar-refractivity contribution is -0.124. The second kappa shape index (κ2) is 8.19. The molecule has 27 heavy (non-hydrogen) atoms. The Morgan fingerprint density at radius 1 is 1.22 bits per heavy atom. The van der Waals surface area contributed by atoms with E-state index in [-0.39, 0.29) is 22.6 Å². The summed E-state index contributed by atoms with van der Waals surface area (Å²) in [6.07, 6.45) is 0.951. The molecule has 2 aromatic rings. The fraction of sp³-hybridized carbons (Fsp3) is 0.350. The summed E-state index contributed by atoms with van der Waals surface area (Å²) in [5, 5.41) is 6.23. The third-order valence-corrected chi connectivity index (χ3v) is 6.71. The van der Waals surface area contributed by atoms with Gasteiger partial charge in [-0.3, -0.25) is 4.79 Å². The summed E-state index contributed by atoms with van der Waals surface area (Å²) >= 11 is 0. The number of sulfone groups is 1. The zero-order chi connectivity index (χ0) is 19.4. The van der Waals surface area contributed by atoms with Crippen molar-refractivity contribution < 1.29 is 17.6 Å². The molecular formula is C20H23FN2O3S. The van der Waals surface area contributed by atoms with Crippen molar-refractivity contribution in [2.75, 3.05) is 18.8 Å². The van der Waals surface area contributed by atoms with E-state index < -0.39 is 21.6 Å². The highest BCUT2D eigenvalue weighted by Crippen LogP contribution is 2.22. The zero-order valence-corrected chi connectivity index (χ0v) is 15.9. The number of fused-ring (bicyclic) bond motifs is 1. The van der Waals surface area contributed by atoms with Crippen molar-refractivity contribution in [2.24, 2.45) is 5.92 Å². The maximum atomic E-state index is 13.0. The molecule has 2 N–H and O–H groups in total. The molecule has 1 amide bonds. The van der Waals surface area contributed by atoms with Crippen molar-refractivity contribution in [2.45, 2.75) is 24.3 Å². The highest BCUT2D eigenvalue weighted by molar-refractivity contribution is 7.91. The van der Waals surface area contributed by atoms with Crippen molar-refractivity contribution in [3.05, 3.63) is 65.5 Å². The summed E-state index contributed by atoms with van der Waals surface area (Å²) in [5.74, 6) is -1.84. The summed E-state index contributed by atoms with van der Waals surface area (Å²) in [5.41, 5.74) is 2.43. The molecule has 0 aliphatic carbocycles. The molecule has 0 radical (unpaired) electrons. The summed E-state index contributed by atoms with van der Waals surface area (Å²) in [7, 11) is -3.66. The van der Waals surface area contributed by atoms with Crippen LogP contribution in [0.25, 0.3) is 0 Å². The molecule has 0 spiro atoms. The number of hydrogen-bond donors (Lipinski definition) is 2. The van der Waals surface area contributed by atoms with Crippen molar-refractivity contribution in [1.82, 2.24) is 10.6 Å². The number of rotatable bonds is 6. The maximum absolute atomic E-state index is 13.0. The third kappa shape index (κ3) is 4.73. The number of amides is 1. The normalized spacial score (nSPS) is 17.8. The minimum atomic E-state index is -3.66. The van der Waals surface area contributed by atoms with Crippen molar-refractivity contribution >= 4 is 15.7 Å².